The maximum absolute atomic E-state index is 12.8. The van der Waals surface area contributed by atoms with Gasteiger partial charge in [-0.05, 0) is 31.2 Å². The summed E-state index contributed by atoms with van der Waals surface area (Å²) in [5.41, 5.74) is 1.29. The molecule has 8 nitrogen and oxygen atoms in total. The van der Waals surface area contributed by atoms with Crippen LogP contribution in [0.1, 0.15) is 21.6 Å². The number of hydrogen-bond donors (Lipinski definition) is 0. The van der Waals surface area contributed by atoms with E-state index in [0.29, 0.717) is 16.8 Å². The number of aromatic nitrogens is 2. The fourth-order valence-corrected chi connectivity index (χ4v) is 4.69. The summed E-state index contributed by atoms with van der Waals surface area (Å²) in [6.45, 7) is 2.61. The third-order valence-corrected chi connectivity index (χ3v) is 6.86. The molecule has 1 aliphatic rings. The summed E-state index contributed by atoms with van der Waals surface area (Å²) < 4.78 is 28.3. The van der Waals surface area contributed by atoms with Crippen LogP contribution in [0.5, 0.6) is 0 Å². The van der Waals surface area contributed by atoms with Gasteiger partial charge in [-0.1, -0.05) is 11.6 Å². The fourth-order valence-electron chi connectivity index (χ4n) is 3.01. The van der Waals surface area contributed by atoms with Crippen LogP contribution in [0.25, 0.3) is 0 Å². The summed E-state index contributed by atoms with van der Waals surface area (Å²) in [5, 5.41) is 13.2. The molecular formula is C17H18ClN5O3S. The highest BCUT2D eigenvalue weighted by atomic mass is 35.5. The van der Waals surface area contributed by atoms with E-state index in [0.717, 1.165) is 0 Å². The highest BCUT2D eigenvalue weighted by molar-refractivity contribution is 7.89. The smallest absolute Gasteiger partial charge is 0.258 e. The molecule has 0 spiro atoms. The van der Waals surface area contributed by atoms with Crippen LogP contribution in [-0.2, 0) is 17.1 Å². The van der Waals surface area contributed by atoms with E-state index in [1.165, 1.54) is 33.3 Å². The van der Waals surface area contributed by atoms with Crippen LogP contribution in [0.4, 0.5) is 0 Å². The number of halogens is 1. The lowest BCUT2D eigenvalue weighted by Gasteiger charge is -2.34. The molecule has 142 valence electrons. The molecule has 1 aromatic carbocycles. The van der Waals surface area contributed by atoms with Gasteiger partial charge in [0.05, 0.1) is 27.8 Å². The summed E-state index contributed by atoms with van der Waals surface area (Å²) >= 11 is 6.16. The minimum absolute atomic E-state index is 0.132. The number of carbonyl (C=O) groups is 1. The van der Waals surface area contributed by atoms with E-state index in [4.69, 9.17) is 16.9 Å². The second kappa shape index (κ2) is 7.31. The molecule has 1 fully saturated rings. The largest absolute Gasteiger partial charge is 0.336 e. The predicted molar refractivity (Wildman–Crippen MR) is 98.8 cm³/mol. The van der Waals surface area contributed by atoms with Crippen LogP contribution in [0.2, 0.25) is 5.15 Å². The molecular weight excluding hydrogens is 390 g/mol. The van der Waals surface area contributed by atoms with Gasteiger partial charge in [0.15, 0.2) is 0 Å². The lowest BCUT2D eigenvalue weighted by molar-refractivity contribution is 0.0697. The molecule has 27 heavy (non-hydrogen) atoms. The molecule has 2 aromatic rings. The summed E-state index contributed by atoms with van der Waals surface area (Å²) in [4.78, 5) is 14.5. The van der Waals surface area contributed by atoms with Crippen LogP contribution in [0, 0.1) is 18.3 Å². The molecule has 1 aliphatic heterocycles. The number of nitrogens with zero attached hydrogens (tertiary/aromatic N) is 5. The van der Waals surface area contributed by atoms with E-state index in [2.05, 4.69) is 5.10 Å². The van der Waals surface area contributed by atoms with E-state index in [-0.39, 0.29) is 42.1 Å². The molecule has 0 aliphatic carbocycles. The van der Waals surface area contributed by atoms with Crippen molar-refractivity contribution in [1.82, 2.24) is 19.0 Å². The highest BCUT2D eigenvalue weighted by Crippen LogP contribution is 2.23. The molecule has 1 saturated heterocycles. The topological polar surface area (TPSA) is 99.3 Å². The zero-order valence-electron chi connectivity index (χ0n) is 14.9. The van der Waals surface area contributed by atoms with Crippen molar-refractivity contribution in [2.45, 2.75) is 11.8 Å². The van der Waals surface area contributed by atoms with Gasteiger partial charge in [0.25, 0.3) is 5.91 Å². The number of sulfonamides is 1. The van der Waals surface area contributed by atoms with E-state index < -0.39 is 10.0 Å². The van der Waals surface area contributed by atoms with Gasteiger partial charge in [-0.15, -0.1) is 0 Å². The van der Waals surface area contributed by atoms with Crippen molar-refractivity contribution in [2.75, 3.05) is 26.2 Å². The summed E-state index contributed by atoms with van der Waals surface area (Å²) in [6, 6.07) is 7.75. The second-order valence-corrected chi connectivity index (χ2v) is 8.50. The standard InChI is InChI=1S/C17H18ClN5O3S/c1-12-15(16(18)21(2)20-12)17(24)22-7-9-23(10-8-22)27(25,26)14-5-3-13(11-19)4-6-14/h3-6H,7-10H2,1-2H3. The third-order valence-electron chi connectivity index (χ3n) is 4.51. The van der Waals surface area contributed by atoms with Gasteiger partial charge in [-0.2, -0.15) is 14.7 Å². The minimum atomic E-state index is -3.67. The van der Waals surface area contributed by atoms with Gasteiger partial charge in [0.1, 0.15) is 5.15 Å². The first-order chi connectivity index (χ1) is 12.8. The molecule has 0 bridgehead atoms. The first kappa shape index (κ1) is 19.4. The number of carbonyl (C=O) groups excluding carboxylic acids is 1. The number of amides is 1. The molecule has 2 heterocycles. The normalized spacial score (nSPS) is 15.6. The average molecular weight is 408 g/mol. The highest BCUT2D eigenvalue weighted by Gasteiger charge is 2.32. The fraction of sp³-hybridized carbons (Fsp3) is 0.353. The van der Waals surface area contributed by atoms with Crippen LogP contribution in [0.15, 0.2) is 29.2 Å². The van der Waals surface area contributed by atoms with Crippen LogP contribution in [0.3, 0.4) is 0 Å². The Hall–Kier alpha value is -2.41. The van der Waals surface area contributed by atoms with Crippen LogP contribution >= 0.6 is 11.6 Å². The van der Waals surface area contributed by atoms with Crippen molar-refractivity contribution in [3.8, 4) is 6.07 Å². The third kappa shape index (κ3) is 3.56. The van der Waals surface area contributed by atoms with Crippen molar-refractivity contribution < 1.29 is 13.2 Å². The molecule has 0 saturated carbocycles. The molecule has 0 N–H and O–H groups in total. The Morgan fingerprint density at radius 3 is 2.26 bits per heavy atom. The summed E-state index contributed by atoms with van der Waals surface area (Å²) in [5.74, 6) is -0.249. The Morgan fingerprint density at radius 1 is 1.19 bits per heavy atom. The number of rotatable bonds is 3. The Labute approximate surface area is 162 Å². The Kier molecular flexibility index (Phi) is 5.24. The quantitative estimate of drug-likeness (QED) is 0.765. The van der Waals surface area contributed by atoms with E-state index in [1.54, 1.807) is 18.9 Å². The molecule has 0 radical (unpaired) electrons. The van der Waals surface area contributed by atoms with Gasteiger partial charge < -0.3 is 4.90 Å². The van der Waals surface area contributed by atoms with Crippen LogP contribution < -0.4 is 0 Å². The maximum atomic E-state index is 12.8. The van der Waals surface area contributed by atoms with E-state index >= 15 is 0 Å². The number of hydrogen-bond acceptors (Lipinski definition) is 5. The van der Waals surface area contributed by atoms with E-state index in [9.17, 15) is 13.2 Å². The first-order valence-electron chi connectivity index (χ1n) is 8.24. The number of benzene rings is 1. The molecule has 0 atom stereocenters. The SMILES string of the molecule is Cc1nn(C)c(Cl)c1C(=O)N1CCN(S(=O)(=O)c2ccc(C#N)cc2)CC1. The minimum Gasteiger partial charge on any atom is -0.336 e. The molecule has 3 rings (SSSR count). The van der Waals surface area contributed by atoms with E-state index in [1.807, 2.05) is 6.07 Å². The van der Waals surface area contributed by atoms with Gasteiger partial charge in [-0.3, -0.25) is 9.48 Å². The van der Waals surface area contributed by atoms with Crippen molar-refractivity contribution in [1.29, 1.82) is 5.26 Å². The second-order valence-electron chi connectivity index (χ2n) is 6.21. The Balaban J connectivity index is 1.72. The van der Waals surface area contributed by atoms with Gasteiger partial charge in [-0.25, -0.2) is 8.42 Å². The van der Waals surface area contributed by atoms with Crippen LogP contribution in [-0.4, -0.2) is 59.5 Å². The molecule has 1 aromatic heterocycles. The lowest BCUT2D eigenvalue weighted by Crippen LogP contribution is -2.50. The van der Waals surface area contributed by atoms with Crippen molar-refractivity contribution in [2.24, 2.45) is 7.05 Å². The van der Waals surface area contributed by atoms with Gasteiger partial charge in [0.2, 0.25) is 10.0 Å². The zero-order valence-corrected chi connectivity index (χ0v) is 16.5. The maximum Gasteiger partial charge on any atom is 0.258 e. The Morgan fingerprint density at radius 2 is 1.78 bits per heavy atom. The number of nitriles is 1. The summed E-state index contributed by atoms with van der Waals surface area (Å²) in [6.07, 6.45) is 0. The predicted octanol–water partition coefficient (Wildman–Crippen LogP) is 1.40. The van der Waals surface area contributed by atoms with Crippen molar-refractivity contribution in [3.05, 3.63) is 46.2 Å². The first-order valence-corrected chi connectivity index (χ1v) is 10.1. The molecule has 0 unspecified atom stereocenters. The average Bonchev–Trinajstić information content (AvgIpc) is 2.93. The number of piperazine rings is 1. The van der Waals surface area contributed by atoms with Crippen molar-refractivity contribution >= 4 is 27.5 Å². The zero-order chi connectivity index (χ0) is 19.8. The molecule has 10 heteroatoms. The van der Waals surface area contributed by atoms with Crippen molar-refractivity contribution in [3.63, 3.8) is 0 Å². The van der Waals surface area contributed by atoms with Gasteiger partial charge >= 0.3 is 0 Å². The Bertz CT molecular complexity index is 1020. The number of aryl methyl sites for hydroxylation is 2. The lowest BCUT2D eigenvalue weighted by atomic mass is 10.2. The monoisotopic (exact) mass is 407 g/mol. The molecule has 1 amide bonds. The van der Waals surface area contributed by atoms with Gasteiger partial charge in [0, 0.05) is 33.2 Å². The summed E-state index contributed by atoms with van der Waals surface area (Å²) in [7, 11) is -2.01.